The fraction of sp³-hybridized carbons (Fsp3) is 0.0909. The molecule has 0 atom stereocenters. The van der Waals surface area contributed by atoms with Crippen molar-refractivity contribution in [2.75, 3.05) is 23.8 Å². The molecule has 156 valence electrons. The number of benzene rings is 2. The van der Waals surface area contributed by atoms with Crippen LogP contribution in [0.5, 0.6) is 5.75 Å². The van der Waals surface area contributed by atoms with Crippen LogP contribution in [0, 0.1) is 0 Å². The quantitative estimate of drug-likeness (QED) is 0.510. The van der Waals surface area contributed by atoms with E-state index in [2.05, 4.69) is 9.71 Å². The Morgan fingerprint density at radius 1 is 1.13 bits per heavy atom. The van der Waals surface area contributed by atoms with E-state index in [-0.39, 0.29) is 22.2 Å². The van der Waals surface area contributed by atoms with Gasteiger partial charge in [0.2, 0.25) is 0 Å². The van der Waals surface area contributed by atoms with Gasteiger partial charge in [-0.2, -0.15) is 0 Å². The molecule has 0 bridgehead atoms. The van der Waals surface area contributed by atoms with E-state index < -0.39 is 10.0 Å². The van der Waals surface area contributed by atoms with Crippen molar-refractivity contribution in [3.63, 3.8) is 0 Å². The lowest BCUT2D eigenvalue weighted by atomic mass is 10.1. The van der Waals surface area contributed by atoms with Crippen molar-refractivity contribution >= 4 is 38.2 Å². The number of methoxy groups -OCH3 is 1. The maximum Gasteiger partial charge on any atom is 0.265 e. The molecule has 0 saturated carbocycles. The second kappa shape index (κ2) is 6.85. The third-order valence-electron chi connectivity index (χ3n) is 5.25. The van der Waals surface area contributed by atoms with Crippen molar-refractivity contribution < 1.29 is 22.4 Å². The van der Waals surface area contributed by atoms with Crippen molar-refractivity contribution in [3.8, 4) is 17.0 Å². The summed E-state index contributed by atoms with van der Waals surface area (Å²) in [6, 6.07) is 13.1. The lowest BCUT2D eigenvalue weighted by Crippen LogP contribution is -2.20. The molecule has 0 spiro atoms. The van der Waals surface area contributed by atoms with E-state index in [0.29, 0.717) is 33.4 Å². The van der Waals surface area contributed by atoms with Crippen LogP contribution in [0.2, 0.25) is 0 Å². The summed E-state index contributed by atoms with van der Waals surface area (Å²) < 4.78 is 39.2. The zero-order valence-electron chi connectivity index (χ0n) is 16.6. The number of hydrogen-bond donors (Lipinski definition) is 1. The summed E-state index contributed by atoms with van der Waals surface area (Å²) in [6.45, 7) is 0. The van der Waals surface area contributed by atoms with Gasteiger partial charge in [0.15, 0.2) is 0 Å². The monoisotopic (exact) mass is 435 g/mol. The Morgan fingerprint density at radius 2 is 1.94 bits per heavy atom. The van der Waals surface area contributed by atoms with Crippen LogP contribution in [-0.2, 0) is 10.0 Å². The molecule has 4 aromatic rings. The summed E-state index contributed by atoms with van der Waals surface area (Å²) in [6.07, 6.45) is 3.03. The number of carbonyl (C=O) groups excluding carboxylic acids is 1. The molecule has 0 radical (unpaired) electrons. The number of nitrogens with zero attached hydrogens (tertiary/aromatic N) is 2. The standard InChI is InChI=1S/C22H17N3O5S/c1-25-17-8-7-15(24-31(27,28)19-6-4-3-5-18(19)29-2)21-20(17)14(22(25)26)11-16(23-21)13-9-10-30-12-13/h3-12,24H,1-2H3. The molecule has 2 aromatic heterocycles. The van der Waals surface area contributed by atoms with Gasteiger partial charge in [0.05, 0.1) is 47.8 Å². The van der Waals surface area contributed by atoms with Gasteiger partial charge in [-0.1, -0.05) is 12.1 Å². The normalized spacial score (nSPS) is 13.1. The summed E-state index contributed by atoms with van der Waals surface area (Å²) in [7, 11) is -0.894. The van der Waals surface area contributed by atoms with E-state index in [0.717, 1.165) is 0 Å². The Bertz CT molecular complexity index is 1450. The van der Waals surface area contributed by atoms with E-state index in [1.54, 1.807) is 49.5 Å². The summed E-state index contributed by atoms with van der Waals surface area (Å²) in [4.78, 5) is 19.0. The first-order chi connectivity index (χ1) is 14.9. The molecule has 0 fully saturated rings. The van der Waals surface area contributed by atoms with Crippen molar-refractivity contribution in [1.82, 2.24) is 4.98 Å². The molecular weight excluding hydrogens is 418 g/mol. The number of nitrogens with one attached hydrogen (secondary N) is 1. The first kappa shape index (κ1) is 19.1. The van der Waals surface area contributed by atoms with Gasteiger partial charge in [0.25, 0.3) is 15.9 Å². The molecule has 1 aliphatic rings. The average Bonchev–Trinajstić information content (AvgIpc) is 3.39. The summed E-state index contributed by atoms with van der Waals surface area (Å²) in [5, 5.41) is 0.597. The minimum atomic E-state index is -3.98. The van der Waals surface area contributed by atoms with Gasteiger partial charge in [-0.25, -0.2) is 13.4 Å². The number of amides is 1. The van der Waals surface area contributed by atoms with Crippen molar-refractivity contribution in [2.45, 2.75) is 4.90 Å². The molecule has 1 N–H and O–H groups in total. The number of aromatic nitrogens is 1. The highest BCUT2D eigenvalue weighted by molar-refractivity contribution is 7.92. The molecule has 3 heterocycles. The number of carbonyl (C=O) groups is 1. The first-order valence-electron chi connectivity index (χ1n) is 9.35. The van der Waals surface area contributed by atoms with Crippen molar-refractivity contribution in [2.24, 2.45) is 0 Å². The van der Waals surface area contributed by atoms with Crippen LogP contribution in [0.3, 0.4) is 0 Å². The Labute approximate surface area is 178 Å². The number of hydrogen-bond acceptors (Lipinski definition) is 6. The third-order valence-corrected chi connectivity index (χ3v) is 6.66. The van der Waals surface area contributed by atoms with Gasteiger partial charge in [-0.05, 0) is 36.4 Å². The minimum Gasteiger partial charge on any atom is -0.495 e. The summed E-state index contributed by atoms with van der Waals surface area (Å²) >= 11 is 0. The second-order valence-electron chi connectivity index (χ2n) is 7.04. The number of furan rings is 1. The van der Waals surface area contributed by atoms with Crippen LogP contribution in [0.1, 0.15) is 10.4 Å². The van der Waals surface area contributed by atoms with E-state index >= 15 is 0 Å². The van der Waals surface area contributed by atoms with Crippen LogP contribution < -0.4 is 14.4 Å². The van der Waals surface area contributed by atoms with Gasteiger partial charge in [0, 0.05) is 18.0 Å². The first-order valence-corrected chi connectivity index (χ1v) is 10.8. The van der Waals surface area contributed by atoms with Gasteiger partial charge < -0.3 is 14.1 Å². The highest BCUT2D eigenvalue weighted by Gasteiger charge is 2.31. The van der Waals surface area contributed by atoms with Crippen LogP contribution in [-0.4, -0.2) is 33.5 Å². The zero-order chi connectivity index (χ0) is 21.8. The predicted molar refractivity (Wildman–Crippen MR) is 116 cm³/mol. The Hall–Kier alpha value is -3.85. The number of rotatable bonds is 5. The van der Waals surface area contributed by atoms with E-state index in [1.165, 1.54) is 30.6 Å². The SMILES string of the molecule is COc1ccccc1S(=O)(=O)Nc1ccc2c3c(cc(-c4ccoc4)nc13)C(=O)N2C. The topological polar surface area (TPSA) is 102 Å². The van der Waals surface area contributed by atoms with E-state index in [1.807, 2.05) is 0 Å². The van der Waals surface area contributed by atoms with Crippen LogP contribution in [0.25, 0.3) is 22.2 Å². The number of pyridine rings is 1. The van der Waals surface area contributed by atoms with Crippen LogP contribution in [0.15, 0.2) is 70.4 Å². The number of ether oxygens (including phenoxy) is 1. The van der Waals surface area contributed by atoms with Gasteiger partial charge in [-0.3, -0.25) is 9.52 Å². The minimum absolute atomic E-state index is 0.00371. The average molecular weight is 435 g/mol. The predicted octanol–water partition coefficient (Wildman–Crippen LogP) is 3.89. The maximum atomic E-state index is 13.1. The van der Waals surface area contributed by atoms with Crippen molar-refractivity contribution in [3.05, 3.63) is 66.6 Å². The Balaban J connectivity index is 1.72. The molecule has 9 heteroatoms. The molecular formula is C22H17N3O5S. The highest BCUT2D eigenvalue weighted by atomic mass is 32.2. The maximum absolute atomic E-state index is 13.1. The van der Waals surface area contributed by atoms with Crippen LogP contribution in [0.4, 0.5) is 11.4 Å². The van der Waals surface area contributed by atoms with Gasteiger partial charge in [0.1, 0.15) is 10.6 Å². The van der Waals surface area contributed by atoms with Gasteiger partial charge >= 0.3 is 0 Å². The third kappa shape index (κ3) is 2.93. The number of anilines is 2. The molecule has 31 heavy (non-hydrogen) atoms. The molecule has 1 amide bonds. The molecule has 0 saturated heterocycles. The zero-order valence-corrected chi connectivity index (χ0v) is 17.4. The molecule has 2 aromatic carbocycles. The molecule has 0 unspecified atom stereocenters. The Morgan fingerprint density at radius 3 is 2.68 bits per heavy atom. The Kier molecular flexibility index (Phi) is 4.23. The molecule has 0 aliphatic carbocycles. The lowest BCUT2D eigenvalue weighted by Gasteiger charge is -2.14. The van der Waals surface area contributed by atoms with E-state index in [9.17, 15) is 13.2 Å². The molecule has 8 nitrogen and oxygen atoms in total. The van der Waals surface area contributed by atoms with Crippen molar-refractivity contribution in [1.29, 1.82) is 0 Å². The lowest BCUT2D eigenvalue weighted by molar-refractivity contribution is 0.0999. The summed E-state index contributed by atoms with van der Waals surface area (Å²) in [5.74, 6) is 0.0415. The van der Waals surface area contributed by atoms with Crippen LogP contribution >= 0.6 is 0 Å². The largest absolute Gasteiger partial charge is 0.495 e. The smallest absolute Gasteiger partial charge is 0.265 e. The van der Waals surface area contributed by atoms with E-state index in [4.69, 9.17) is 9.15 Å². The number of sulfonamides is 1. The fourth-order valence-electron chi connectivity index (χ4n) is 3.74. The fourth-order valence-corrected chi connectivity index (χ4v) is 4.98. The highest BCUT2D eigenvalue weighted by Crippen LogP contribution is 2.41. The molecule has 5 rings (SSSR count). The number of para-hydroxylation sites is 1. The molecule has 1 aliphatic heterocycles. The second-order valence-corrected chi connectivity index (χ2v) is 8.69. The summed E-state index contributed by atoms with van der Waals surface area (Å²) in [5.41, 5.74) is 2.96. The van der Waals surface area contributed by atoms with Gasteiger partial charge in [-0.15, -0.1) is 0 Å².